The molecule has 2 saturated heterocycles. The van der Waals surface area contributed by atoms with Crippen LogP contribution in [0.3, 0.4) is 0 Å². The Labute approximate surface area is 158 Å². The zero-order valence-electron chi connectivity index (χ0n) is 14.1. The largest absolute Gasteiger partial charge is 0.356 e. The maximum absolute atomic E-state index is 12.4. The van der Waals surface area contributed by atoms with E-state index in [0.717, 1.165) is 19.5 Å². The first-order chi connectivity index (χ1) is 12.0. The van der Waals surface area contributed by atoms with Crippen LogP contribution in [0.5, 0.6) is 0 Å². The van der Waals surface area contributed by atoms with Crippen molar-refractivity contribution in [1.29, 1.82) is 0 Å². The van der Waals surface area contributed by atoms with E-state index < -0.39 is 0 Å². The van der Waals surface area contributed by atoms with Gasteiger partial charge >= 0.3 is 0 Å². The van der Waals surface area contributed by atoms with E-state index in [1.54, 1.807) is 23.1 Å². The minimum atomic E-state index is -0.324. The first kappa shape index (κ1) is 18.5. The predicted molar refractivity (Wildman–Crippen MR) is 100 cm³/mol. The molecule has 2 amide bonds. The molecule has 0 spiro atoms. The van der Waals surface area contributed by atoms with Gasteiger partial charge in [-0.25, -0.2) is 0 Å². The van der Waals surface area contributed by atoms with Gasteiger partial charge in [-0.1, -0.05) is 23.2 Å². The highest BCUT2D eigenvalue weighted by Crippen LogP contribution is 2.30. The Bertz CT molecular complexity index is 627. The van der Waals surface area contributed by atoms with Crippen LogP contribution in [-0.2, 0) is 9.59 Å². The highest BCUT2D eigenvalue weighted by atomic mass is 35.5. The number of carbonyl (C=O) groups excluding carboxylic acids is 2. The summed E-state index contributed by atoms with van der Waals surface area (Å²) < 4.78 is 0. The average molecular weight is 384 g/mol. The second-order valence-electron chi connectivity index (χ2n) is 6.83. The fraction of sp³-hybridized carbons (Fsp3) is 0.556. The van der Waals surface area contributed by atoms with Gasteiger partial charge in [-0.05, 0) is 56.5 Å². The minimum Gasteiger partial charge on any atom is -0.356 e. The van der Waals surface area contributed by atoms with Crippen molar-refractivity contribution in [3.05, 3.63) is 28.2 Å². The van der Waals surface area contributed by atoms with Crippen LogP contribution in [0.15, 0.2) is 18.2 Å². The van der Waals surface area contributed by atoms with E-state index >= 15 is 0 Å². The van der Waals surface area contributed by atoms with E-state index in [1.807, 2.05) is 0 Å². The van der Waals surface area contributed by atoms with E-state index in [-0.39, 0.29) is 24.2 Å². The molecule has 7 heteroatoms. The van der Waals surface area contributed by atoms with E-state index in [2.05, 4.69) is 10.6 Å². The number of piperidine rings is 1. The summed E-state index contributed by atoms with van der Waals surface area (Å²) in [6.07, 6.45) is 3.62. The van der Waals surface area contributed by atoms with Crippen LogP contribution in [0.4, 0.5) is 5.69 Å². The first-order valence-electron chi connectivity index (χ1n) is 8.78. The summed E-state index contributed by atoms with van der Waals surface area (Å²) in [4.78, 5) is 26.3. The Morgan fingerprint density at radius 2 is 2.04 bits per heavy atom. The third-order valence-corrected chi connectivity index (χ3v) is 5.34. The number of nitrogens with zero attached hydrogens (tertiary/aromatic N) is 1. The zero-order chi connectivity index (χ0) is 17.8. The van der Waals surface area contributed by atoms with Gasteiger partial charge < -0.3 is 15.5 Å². The lowest BCUT2D eigenvalue weighted by molar-refractivity contribution is -0.126. The molecule has 0 bridgehead atoms. The smallest absolute Gasteiger partial charge is 0.227 e. The third-order valence-electron chi connectivity index (χ3n) is 4.91. The summed E-state index contributed by atoms with van der Waals surface area (Å²) in [5.41, 5.74) is 0.645. The van der Waals surface area contributed by atoms with E-state index in [9.17, 15) is 9.59 Å². The van der Waals surface area contributed by atoms with E-state index in [1.165, 1.54) is 12.8 Å². The van der Waals surface area contributed by atoms with Crippen LogP contribution < -0.4 is 15.5 Å². The molecule has 2 unspecified atom stereocenters. The Morgan fingerprint density at radius 1 is 1.28 bits per heavy atom. The van der Waals surface area contributed by atoms with Crippen molar-refractivity contribution in [1.82, 2.24) is 10.6 Å². The number of anilines is 1. The molecule has 2 aliphatic rings. The fourth-order valence-electron chi connectivity index (χ4n) is 3.54. The fourth-order valence-corrected chi connectivity index (χ4v) is 4.06. The Balaban J connectivity index is 1.51. The van der Waals surface area contributed by atoms with Crippen molar-refractivity contribution >= 4 is 40.7 Å². The molecule has 2 heterocycles. The van der Waals surface area contributed by atoms with Crippen molar-refractivity contribution in [3.63, 3.8) is 0 Å². The molecule has 3 rings (SSSR count). The second-order valence-corrected chi connectivity index (χ2v) is 7.70. The van der Waals surface area contributed by atoms with Gasteiger partial charge in [0, 0.05) is 35.2 Å². The molecule has 2 aliphatic heterocycles. The Kier molecular flexibility index (Phi) is 6.20. The lowest BCUT2D eigenvalue weighted by Crippen LogP contribution is -2.36. The molecule has 1 aromatic rings. The predicted octanol–water partition coefficient (Wildman–Crippen LogP) is 2.85. The third kappa shape index (κ3) is 4.87. The first-order valence-corrected chi connectivity index (χ1v) is 9.53. The number of rotatable bonds is 5. The van der Waals surface area contributed by atoms with Crippen molar-refractivity contribution in [3.8, 4) is 0 Å². The molecule has 2 atom stereocenters. The summed E-state index contributed by atoms with van der Waals surface area (Å²) in [7, 11) is 0. The summed E-state index contributed by atoms with van der Waals surface area (Å²) in [6, 6.07) is 5.01. The number of halogens is 2. The Hall–Kier alpha value is -1.30. The lowest BCUT2D eigenvalue weighted by atomic mass is 9.96. The van der Waals surface area contributed by atoms with Gasteiger partial charge in [0.1, 0.15) is 0 Å². The molecule has 2 N–H and O–H groups in total. The molecule has 2 fully saturated rings. The summed E-state index contributed by atoms with van der Waals surface area (Å²) >= 11 is 12.0. The van der Waals surface area contributed by atoms with E-state index in [0.29, 0.717) is 34.7 Å². The normalized spacial score (nSPS) is 23.8. The number of benzene rings is 1. The summed E-state index contributed by atoms with van der Waals surface area (Å²) in [6.45, 7) is 3.16. The molecule has 5 nitrogen and oxygen atoms in total. The second kappa shape index (κ2) is 8.39. The molecule has 0 aliphatic carbocycles. The maximum Gasteiger partial charge on any atom is 0.227 e. The van der Waals surface area contributed by atoms with Gasteiger partial charge in [0.25, 0.3) is 0 Å². The minimum absolute atomic E-state index is 0.0484. The van der Waals surface area contributed by atoms with Crippen LogP contribution in [0, 0.1) is 11.8 Å². The average Bonchev–Trinajstić information content (AvgIpc) is 2.97. The van der Waals surface area contributed by atoms with Gasteiger partial charge in [0.05, 0.1) is 5.92 Å². The lowest BCUT2D eigenvalue weighted by Gasteiger charge is -2.23. The molecule has 25 heavy (non-hydrogen) atoms. The van der Waals surface area contributed by atoms with Crippen molar-refractivity contribution in [2.75, 3.05) is 31.1 Å². The maximum atomic E-state index is 12.4. The molecule has 0 aromatic heterocycles. The SMILES string of the molecule is O=C(NCCC1CCCNC1)C1CC(=O)N(c2cc(Cl)cc(Cl)c2)C1. The molecular weight excluding hydrogens is 361 g/mol. The summed E-state index contributed by atoms with van der Waals surface area (Å²) in [5, 5.41) is 7.32. The number of amides is 2. The van der Waals surface area contributed by atoms with Crippen LogP contribution >= 0.6 is 23.2 Å². The molecule has 1 aromatic carbocycles. The molecular formula is C18H23Cl2N3O2. The number of hydrogen-bond acceptors (Lipinski definition) is 3. The monoisotopic (exact) mass is 383 g/mol. The quantitative estimate of drug-likeness (QED) is 0.821. The standard InChI is InChI=1S/C18H23Cl2N3O2/c19-14-7-15(20)9-16(8-14)23-11-13(6-17(23)24)18(25)22-5-3-12-2-1-4-21-10-12/h7-9,12-13,21H,1-6,10-11H2,(H,22,25). The van der Waals surface area contributed by atoms with Gasteiger partial charge in [0.15, 0.2) is 0 Å². The highest BCUT2D eigenvalue weighted by Gasteiger charge is 2.35. The van der Waals surface area contributed by atoms with Crippen molar-refractivity contribution in [2.45, 2.75) is 25.7 Å². The highest BCUT2D eigenvalue weighted by molar-refractivity contribution is 6.35. The van der Waals surface area contributed by atoms with Gasteiger partial charge in [-0.3, -0.25) is 9.59 Å². The molecule has 136 valence electrons. The Morgan fingerprint density at radius 3 is 2.72 bits per heavy atom. The van der Waals surface area contributed by atoms with Gasteiger partial charge in [-0.2, -0.15) is 0 Å². The molecule has 0 saturated carbocycles. The van der Waals surface area contributed by atoms with Crippen molar-refractivity contribution < 1.29 is 9.59 Å². The van der Waals surface area contributed by atoms with Crippen LogP contribution in [-0.4, -0.2) is 38.0 Å². The zero-order valence-corrected chi connectivity index (χ0v) is 15.6. The van der Waals surface area contributed by atoms with Crippen LogP contribution in [0.2, 0.25) is 10.0 Å². The van der Waals surface area contributed by atoms with Crippen LogP contribution in [0.25, 0.3) is 0 Å². The van der Waals surface area contributed by atoms with Gasteiger partial charge in [0.2, 0.25) is 11.8 Å². The topological polar surface area (TPSA) is 61.4 Å². The number of carbonyl (C=O) groups is 2. The van der Waals surface area contributed by atoms with Crippen LogP contribution in [0.1, 0.15) is 25.7 Å². The van der Waals surface area contributed by atoms with Crippen molar-refractivity contribution in [2.24, 2.45) is 11.8 Å². The van der Waals surface area contributed by atoms with E-state index in [4.69, 9.17) is 23.2 Å². The molecule has 0 radical (unpaired) electrons. The summed E-state index contributed by atoms with van der Waals surface area (Å²) in [5.74, 6) is 0.182. The number of nitrogens with one attached hydrogen (secondary N) is 2. The van der Waals surface area contributed by atoms with Gasteiger partial charge in [-0.15, -0.1) is 0 Å². The number of hydrogen-bond donors (Lipinski definition) is 2.